The number of oxime groups is 1. The molecule has 0 aliphatic carbocycles. The van der Waals surface area contributed by atoms with Crippen LogP contribution in [-0.2, 0) is 4.84 Å². The Morgan fingerprint density at radius 2 is 2.29 bits per heavy atom. The van der Waals surface area contributed by atoms with E-state index in [9.17, 15) is 4.79 Å². The summed E-state index contributed by atoms with van der Waals surface area (Å²) in [5.74, 6) is 0.477. The second-order valence-electron chi connectivity index (χ2n) is 4.87. The van der Waals surface area contributed by atoms with Crippen molar-refractivity contribution >= 4 is 40.7 Å². The highest BCUT2D eigenvalue weighted by molar-refractivity contribution is 7.99. The number of rotatable bonds is 5. The first kappa shape index (κ1) is 16.4. The standard InChI is InChI=1S/C14H14N6O2S2/c1-8-6-9(2)20-13(16-8)17-14(18-20)24-7-11(15)19-22-12(21)10-4-3-5-23-10/h3-6H,7H2,1-2H3,(H2,15,19). The number of amidine groups is 1. The molecule has 0 unspecified atom stereocenters. The fourth-order valence-corrected chi connectivity index (χ4v) is 3.12. The van der Waals surface area contributed by atoms with Crippen molar-refractivity contribution in [2.24, 2.45) is 10.9 Å². The van der Waals surface area contributed by atoms with Crippen molar-refractivity contribution in [2.45, 2.75) is 19.0 Å². The first-order valence-corrected chi connectivity index (χ1v) is 8.80. The fraction of sp³-hybridized carbons (Fsp3) is 0.214. The van der Waals surface area contributed by atoms with Gasteiger partial charge in [-0.2, -0.15) is 4.98 Å². The molecule has 0 aliphatic heterocycles. The first-order valence-electron chi connectivity index (χ1n) is 6.94. The average molecular weight is 362 g/mol. The Hall–Kier alpha value is -2.46. The zero-order valence-corrected chi connectivity index (χ0v) is 14.6. The molecule has 3 aromatic rings. The molecule has 10 heteroatoms. The lowest BCUT2D eigenvalue weighted by molar-refractivity contribution is 0.0521. The minimum absolute atomic E-state index is 0.171. The van der Waals surface area contributed by atoms with Gasteiger partial charge < -0.3 is 10.6 Å². The number of hydrogen-bond acceptors (Lipinski definition) is 8. The van der Waals surface area contributed by atoms with Gasteiger partial charge in [-0.05, 0) is 31.4 Å². The average Bonchev–Trinajstić information content (AvgIpc) is 3.19. The SMILES string of the molecule is Cc1cc(C)n2nc(SC/C(N)=N\OC(=O)c3cccs3)nc2n1. The van der Waals surface area contributed by atoms with Crippen LogP contribution in [-0.4, -0.2) is 37.1 Å². The Morgan fingerprint density at radius 3 is 3.04 bits per heavy atom. The third-order valence-corrected chi connectivity index (χ3v) is 4.64. The number of nitrogens with zero attached hydrogens (tertiary/aromatic N) is 5. The molecule has 0 fully saturated rings. The van der Waals surface area contributed by atoms with Crippen LogP contribution in [0.15, 0.2) is 33.9 Å². The molecule has 0 saturated heterocycles. The normalized spacial score (nSPS) is 11.8. The summed E-state index contributed by atoms with van der Waals surface area (Å²) in [6.07, 6.45) is 0. The third kappa shape index (κ3) is 3.71. The van der Waals surface area contributed by atoms with Gasteiger partial charge in [-0.1, -0.05) is 23.0 Å². The maximum absolute atomic E-state index is 11.7. The van der Waals surface area contributed by atoms with Gasteiger partial charge in [0.1, 0.15) is 4.88 Å². The molecule has 0 spiro atoms. The molecule has 0 radical (unpaired) electrons. The van der Waals surface area contributed by atoms with E-state index in [2.05, 4.69) is 20.2 Å². The molecular formula is C14H14N6O2S2. The first-order chi connectivity index (χ1) is 11.5. The topological polar surface area (TPSA) is 108 Å². The molecule has 0 aliphatic rings. The highest BCUT2D eigenvalue weighted by Crippen LogP contribution is 2.15. The summed E-state index contributed by atoms with van der Waals surface area (Å²) < 4.78 is 1.67. The summed E-state index contributed by atoms with van der Waals surface area (Å²) in [5.41, 5.74) is 7.58. The van der Waals surface area contributed by atoms with Crippen molar-refractivity contribution in [2.75, 3.05) is 5.75 Å². The molecule has 124 valence electrons. The van der Waals surface area contributed by atoms with E-state index in [4.69, 9.17) is 10.6 Å². The summed E-state index contributed by atoms with van der Waals surface area (Å²) in [6, 6.07) is 5.35. The molecule has 0 saturated carbocycles. The maximum Gasteiger partial charge on any atom is 0.375 e. The zero-order valence-electron chi connectivity index (χ0n) is 13.0. The number of aryl methyl sites for hydroxylation is 2. The molecule has 3 heterocycles. The molecular weight excluding hydrogens is 348 g/mol. The van der Waals surface area contributed by atoms with E-state index in [-0.39, 0.29) is 5.84 Å². The number of hydrogen-bond donors (Lipinski definition) is 1. The van der Waals surface area contributed by atoms with Crippen LogP contribution in [0, 0.1) is 13.8 Å². The van der Waals surface area contributed by atoms with Crippen LogP contribution in [0.4, 0.5) is 0 Å². The number of nitrogens with two attached hydrogens (primary N) is 1. The Morgan fingerprint density at radius 1 is 1.46 bits per heavy atom. The van der Waals surface area contributed by atoms with Gasteiger partial charge in [0.15, 0.2) is 5.84 Å². The van der Waals surface area contributed by atoms with E-state index in [1.165, 1.54) is 23.1 Å². The monoisotopic (exact) mass is 362 g/mol. The lowest BCUT2D eigenvalue weighted by Crippen LogP contribution is -2.16. The van der Waals surface area contributed by atoms with Crippen LogP contribution in [0.2, 0.25) is 0 Å². The van der Waals surface area contributed by atoms with E-state index >= 15 is 0 Å². The summed E-state index contributed by atoms with van der Waals surface area (Å²) in [6.45, 7) is 3.84. The van der Waals surface area contributed by atoms with Crippen molar-refractivity contribution in [3.8, 4) is 0 Å². The van der Waals surface area contributed by atoms with Crippen LogP contribution in [0.5, 0.6) is 0 Å². The van der Waals surface area contributed by atoms with Crippen molar-refractivity contribution in [1.29, 1.82) is 0 Å². The van der Waals surface area contributed by atoms with Crippen molar-refractivity contribution in [3.05, 3.63) is 39.8 Å². The van der Waals surface area contributed by atoms with Crippen molar-refractivity contribution < 1.29 is 9.63 Å². The highest BCUT2D eigenvalue weighted by atomic mass is 32.2. The second kappa shape index (κ2) is 6.97. The largest absolute Gasteiger partial charge is 0.384 e. The lowest BCUT2D eigenvalue weighted by Gasteiger charge is -1.98. The number of fused-ring (bicyclic) bond motifs is 1. The van der Waals surface area contributed by atoms with Crippen LogP contribution >= 0.6 is 23.1 Å². The van der Waals surface area contributed by atoms with E-state index < -0.39 is 5.97 Å². The van der Waals surface area contributed by atoms with Gasteiger partial charge in [0.2, 0.25) is 5.16 Å². The summed E-state index contributed by atoms with van der Waals surface area (Å²) >= 11 is 2.57. The Kier molecular flexibility index (Phi) is 4.76. The molecule has 0 bridgehead atoms. The van der Waals surface area contributed by atoms with Gasteiger partial charge in [-0.3, -0.25) is 0 Å². The Balaban J connectivity index is 1.61. The van der Waals surface area contributed by atoms with E-state index in [0.29, 0.717) is 21.6 Å². The molecule has 0 atom stereocenters. The van der Waals surface area contributed by atoms with Gasteiger partial charge in [-0.15, -0.1) is 16.4 Å². The molecule has 8 nitrogen and oxygen atoms in total. The Bertz CT molecular complexity index is 904. The van der Waals surface area contributed by atoms with Gasteiger partial charge >= 0.3 is 5.97 Å². The predicted octanol–water partition coefficient (Wildman–Crippen LogP) is 2.02. The molecule has 0 aromatic carbocycles. The number of carbonyl (C=O) groups excluding carboxylic acids is 1. The molecule has 2 N–H and O–H groups in total. The lowest BCUT2D eigenvalue weighted by atomic mass is 10.4. The number of aromatic nitrogens is 4. The van der Waals surface area contributed by atoms with Gasteiger partial charge in [-0.25, -0.2) is 14.3 Å². The number of thiophene rings is 1. The molecule has 3 aromatic heterocycles. The summed E-state index contributed by atoms with van der Waals surface area (Å²) in [4.78, 5) is 25.6. The van der Waals surface area contributed by atoms with Crippen LogP contribution in [0.25, 0.3) is 5.78 Å². The zero-order chi connectivity index (χ0) is 17.1. The molecule has 24 heavy (non-hydrogen) atoms. The third-order valence-electron chi connectivity index (χ3n) is 2.92. The minimum atomic E-state index is -0.529. The van der Waals surface area contributed by atoms with Crippen LogP contribution < -0.4 is 5.73 Å². The van der Waals surface area contributed by atoms with E-state index in [0.717, 1.165) is 11.4 Å². The molecule has 0 amide bonds. The van der Waals surface area contributed by atoms with Gasteiger partial charge in [0.05, 0.1) is 5.75 Å². The van der Waals surface area contributed by atoms with Crippen LogP contribution in [0.1, 0.15) is 21.1 Å². The number of carbonyl (C=O) groups is 1. The number of thioether (sulfide) groups is 1. The minimum Gasteiger partial charge on any atom is -0.384 e. The van der Waals surface area contributed by atoms with E-state index in [1.807, 2.05) is 19.9 Å². The van der Waals surface area contributed by atoms with Gasteiger partial charge in [0.25, 0.3) is 5.78 Å². The predicted molar refractivity (Wildman–Crippen MR) is 92.3 cm³/mol. The smallest absolute Gasteiger partial charge is 0.375 e. The van der Waals surface area contributed by atoms with Crippen molar-refractivity contribution in [3.63, 3.8) is 0 Å². The quantitative estimate of drug-likeness (QED) is 0.243. The van der Waals surface area contributed by atoms with Crippen molar-refractivity contribution in [1.82, 2.24) is 19.6 Å². The van der Waals surface area contributed by atoms with Gasteiger partial charge in [0, 0.05) is 11.4 Å². The maximum atomic E-state index is 11.7. The van der Waals surface area contributed by atoms with E-state index in [1.54, 1.807) is 22.0 Å². The molecule has 3 rings (SSSR count). The summed E-state index contributed by atoms with van der Waals surface area (Å²) in [5, 5.41) is 10.3. The second-order valence-corrected chi connectivity index (χ2v) is 6.76. The Labute approximate surface area is 145 Å². The fourth-order valence-electron chi connectivity index (χ4n) is 1.91. The van der Waals surface area contributed by atoms with Crippen LogP contribution in [0.3, 0.4) is 0 Å². The summed E-state index contributed by atoms with van der Waals surface area (Å²) in [7, 11) is 0. The highest BCUT2D eigenvalue weighted by Gasteiger charge is 2.10.